The number of nitrogens with zero attached hydrogens (tertiary/aromatic N) is 4. The normalized spacial score (nSPS) is 14.3. The van der Waals surface area contributed by atoms with E-state index in [1.54, 1.807) is 28.3 Å². The van der Waals surface area contributed by atoms with Gasteiger partial charge in [0, 0.05) is 62.4 Å². The first-order chi connectivity index (χ1) is 14.7. The smallest absolute Gasteiger partial charge is 0.290 e. The summed E-state index contributed by atoms with van der Waals surface area (Å²) in [6.07, 6.45) is 3.39. The van der Waals surface area contributed by atoms with Gasteiger partial charge in [0.05, 0.1) is 0 Å². The second-order valence-corrected chi connectivity index (χ2v) is 7.77. The number of methoxy groups -OCH3 is 1. The molecule has 1 saturated heterocycles. The lowest BCUT2D eigenvalue weighted by Gasteiger charge is -2.34. The third-order valence-corrected chi connectivity index (χ3v) is 5.87. The molecule has 9 heteroatoms. The summed E-state index contributed by atoms with van der Waals surface area (Å²) in [4.78, 5) is 37.2. The lowest BCUT2D eigenvalue weighted by molar-refractivity contribution is -0.136. The van der Waals surface area contributed by atoms with Gasteiger partial charge in [-0.05, 0) is 12.1 Å². The molecule has 0 unspecified atom stereocenters. The van der Waals surface area contributed by atoms with E-state index in [0.717, 1.165) is 10.9 Å². The maximum Gasteiger partial charge on any atom is 0.290 e. The van der Waals surface area contributed by atoms with Gasteiger partial charge in [-0.1, -0.05) is 30.0 Å². The van der Waals surface area contributed by atoms with Crippen LogP contribution in [0.4, 0.5) is 0 Å². The van der Waals surface area contributed by atoms with E-state index in [1.807, 2.05) is 24.3 Å². The summed E-state index contributed by atoms with van der Waals surface area (Å²) in [6, 6.07) is 9.40. The molecule has 2 amide bonds. The largest absolute Gasteiger partial charge is 0.451 e. The molecule has 156 valence electrons. The average molecular weight is 426 g/mol. The van der Waals surface area contributed by atoms with Crippen LogP contribution in [0.2, 0.25) is 0 Å². The van der Waals surface area contributed by atoms with Crippen LogP contribution < -0.4 is 0 Å². The van der Waals surface area contributed by atoms with Gasteiger partial charge in [0.2, 0.25) is 5.91 Å². The predicted octanol–water partition coefficient (Wildman–Crippen LogP) is 2.45. The fourth-order valence-corrected chi connectivity index (χ4v) is 4.26. The molecule has 30 heavy (non-hydrogen) atoms. The number of furan rings is 1. The van der Waals surface area contributed by atoms with Crippen molar-refractivity contribution in [3.05, 3.63) is 54.0 Å². The quantitative estimate of drug-likeness (QED) is 0.442. The average Bonchev–Trinajstić information content (AvgIpc) is 3.17. The van der Waals surface area contributed by atoms with Gasteiger partial charge < -0.3 is 19.0 Å². The van der Waals surface area contributed by atoms with E-state index in [-0.39, 0.29) is 18.4 Å². The minimum atomic E-state index is -0.158. The van der Waals surface area contributed by atoms with E-state index in [9.17, 15) is 9.59 Å². The fraction of sp³-hybridized carbons (Fsp3) is 0.333. The van der Waals surface area contributed by atoms with Crippen molar-refractivity contribution in [3.8, 4) is 0 Å². The molecular weight excluding hydrogens is 404 g/mol. The van der Waals surface area contributed by atoms with Crippen molar-refractivity contribution in [2.75, 3.05) is 39.9 Å². The van der Waals surface area contributed by atoms with E-state index >= 15 is 0 Å². The van der Waals surface area contributed by atoms with Crippen molar-refractivity contribution in [1.82, 2.24) is 19.8 Å². The maximum atomic E-state index is 13.3. The molecule has 0 N–H and O–H groups in total. The van der Waals surface area contributed by atoms with Crippen LogP contribution in [0.1, 0.15) is 16.1 Å². The Hall–Kier alpha value is -2.91. The summed E-state index contributed by atoms with van der Waals surface area (Å²) >= 11 is 1.46. The molecule has 1 aliphatic rings. The van der Waals surface area contributed by atoms with Crippen LogP contribution in [-0.4, -0.2) is 71.5 Å². The molecule has 0 aliphatic carbocycles. The van der Waals surface area contributed by atoms with Crippen molar-refractivity contribution in [1.29, 1.82) is 0 Å². The minimum absolute atomic E-state index is 0.0560. The van der Waals surface area contributed by atoms with E-state index in [4.69, 9.17) is 9.15 Å². The number of hydrogen-bond donors (Lipinski definition) is 0. The number of para-hydroxylation sites is 1. The Morgan fingerprint density at radius 2 is 1.77 bits per heavy atom. The number of carbonyl (C=O) groups is 2. The monoisotopic (exact) mass is 426 g/mol. The molecule has 0 bridgehead atoms. The van der Waals surface area contributed by atoms with Crippen molar-refractivity contribution >= 4 is 34.5 Å². The van der Waals surface area contributed by atoms with Gasteiger partial charge in [0.25, 0.3) is 5.91 Å². The van der Waals surface area contributed by atoms with Gasteiger partial charge in [0.15, 0.2) is 10.9 Å². The standard InChI is InChI=1S/C21H22N4O4S/c1-28-13-18(26)24-9-11-25(12-10-24)20(27)19-16(14-30-21-22-7-4-8-23-21)15-5-2-3-6-17(15)29-19/h2-8H,9-14H2,1H3. The molecule has 8 nitrogen and oxygen atoms in total. The zero-order valence-electron chi connectivity index (χ0n) is 16.6. The number of benzene rings is 1. The van der Waals surface area contributed by atoms with E-state index < -0.39 is 0 Å². The van der Waals surface area contributed by atoms with E-state index in [1.165, 1.54) is 18.9 Å². The Balaban J connectivity index is 1.53. The molecule has 0 radical (unpaired) electrons. The zero-order valence-corrected chi connectivity index (χ0v) is 17.4. The Kier molecular flexibility index (Phi) is 6.29. The molecule has 0 atom stereocenters. The van der Waals surface area contributed by atoms with Crippen molar-refractivity contribution in [2.45, 2.75) is 10.9 Å². The Morgan fingerprint density at radius 1 is 1.07 bits per heavy atom. The SMILES string of the molecule is COCC(=O)N1CCN(C(=O)c2oc3ccccc3c2CSc2ncccn2)CC1. The molecule has 1 aliphatic heterocycles. The fourth-order valence-electron chi connectivity index (χ4n) is 3.43. The maximum absolute atomic E-state index is 13.3. The first kappa shape index (κ1) is 20.4. The van der Waals surface area contributed by atoms with E-state index in [0.29, 0.717) is 48.4 Å². The molecule has 0 saturated carbocycles. The lowest BCUT2D eigenvalue weighted by atomic mass is 10.1. The van der Waals surface area contributed by atoms with Crippen LogP contribution in [-0.2, 0) is 15.3 Å². The van der Waals surface area contributed by atoms with Gasteiger partial charge in [-0.2, -0.15) is 0 Å². The first-order valence-corrected chi connectivity index (χ1v) is 10.6. The summed E-state index contributed by atoms with van der Waals surface area (Å²) < 4.78 is 10.9. The Labute approximate surface area is 178 Å². The second kappa shape index (κ2) is 9.27. The topological polar surface area (TPSA) is 88.8 Å². The van der Waals surface area contributed by atoms with Crippen molar-refractivity contribution in [2.24, 2.45) is 0 Å². The molecule has 0 spiro atoms. The number of amides is 2. The summed E-state index contributed by atoms with van der Waals surface area (Å²) in [6.45, 7) is 1.94. The summed E-state index contributed by atoms with van der Waals surface area (Å²) in [5.74, 6) is 0.646. The van der Waals surface area contributed by atoms with Crippen molar-refractivity contribution < 1.29 is 18.7 Å². The number of hydrogen-bond acceptors (Lipinski definition) is 7. The van der Waals surface area contributed by atoms with Gasteiger partial charge in [-0.3, -0.25) is 9.59 Å². The second-order valence-electron chi connectivity index (χ2n) is 6.83. The molecule has 3 aromatic rings. The third kappa shape index (κ3) is 4.31. The van der Waals surface area contributed by atoms with Crippen LogP contribution in [0.5, 0.6) is 0 Å². The zero-order chi connectivity index (χ0) is 20.9. The third-order valence-electron chi connectivity index (χ3n) is 4.97. The summed E-state index contributed by atoms with van der Waals surface area (Å²) in [7, 11) is 1.50. The summed E-state index contributed by atoms with van der Waals surface area (Å²) in [5.41, 5.74) is 1.52. The van der Waals surface area contributed by atoms with Crippen LogP contribution in [0.3, 0.4) is 0 Å². The van der Waals surface area contributed by atoms with E-state index in [2.05, 4.69) is 9.97 Å². The highest BCUT2D eigenvalue weighted by atomic mass is 32.2. The van der Waals surface area contributed by atoms with Crippen LogP contribution >= 0.6 is 11.8 Å². The molecular formula is C21H22N4O4S. The minimum Gasteiger partial charge on any atom is -0.451 e. The molecule has 1 aromatic carbocycles. The van der Waals surface area contributed by atoms with Gasteiger partial charge in [-0.15, -0.1) is 0 Å². The molecule has 4 rings (SSSR count). The number of thioether (sulfide) groups is 1. The van der Waals surface area contributed by atoms with Crippen molar-refractivity contribution in [3.63, 3.8) is 0 Å². The van der Waals surface area contributed by atoms with Gasteiger partial charge >= 0.3 is 0 Å². The van der Waals surface area contributed by atoms with Crippen LogP contribution in [0, 0.1) is 0 Å². The van der Waals surface area contributed by atoms with Crippen LogP contribution in [0.25, 0.3) is 11.0 Å². The number of carbonyl (C=O) groups excluding carboxylic acids is 2. The lowest BCUT2D eigenvalue weighted by Crippen LogP contribution is -2.51. The highest BCUT2D eigenvalue weighted by Crippen LogP contribution is 2.32. The summed E-state index contributed by atoms with van der Waals surface area (Å²) in [5, 5.41) is 1.56. The first-order valence-electron chi connectivity index (χ1n) is 9.63. The molecule has 3 heterocycles. The number of rotatable bonds is 6. The number of ether oxygens (including phenoxy) is 1. The van der Waals surface area contributed by atoms with Gasteiger partial charge in [-0.25, -0.2) is 9.97 Å². The predicted molar refractivity (Wildman–Crippen MR) is 112 cm³/mol. The van der Waals surface area contributed by atoms with Gasteiger partial charge in [0.1, 0.15) is 12.2 Å². The molecule has 2 aromatic heterocycles. The molecule has 1 fully saturated rings. The number of piperazine rings is 1. The Morgan fingerprint density at radius 3 is 2.50 bits per heavy atom. The highest BCUT2D eigenvalue weighted by Gasteiger charge is 2.29. The van der Waals surface area contributed by atoms with Crippen LogP contribution in [0.15, 0.2) is 52.3 Å². The highest BCUT2D eigenvalue weighted by molar-refractivity contribution is 7.98. The Bertz CT molecular complexity index is 1030. The number of aromatic nitrogens is 2. The number of fused-ring (bicyclic) bond motifs is 1.